The van der Waals surface area contributed by atoms with Gasteiger partial charge in [0.1, 0.15) is 11.6 Å². The summed E-state index contributed by atoms with van der Waals surface area (Å²) in [4.78, 5) is 16.1. The minimum absolute atomic E-state index is 0.0810. The first-order chi connectivity index (χ1) is 13.9. The first-order valence-corrected chi connectivity index (χ1v) is 9.10. The van der Waals surface area contributed by atoms with Gasteiger partial charge in [-0.2, -0.15) is 0 Å². The summed E-state index contributed by atoms with van der Waals surface area (Å²) in [5, 5.41) is 3.13. The van der Waals surface area contributed by atoms with Crippen molar-refractivity contribution < 1.29 is 18.3 Å². The molecule has 0 fully saturated rings. The van der Waals surface area contributed by atoms with Crippen molar-refractivity contribution in [2.75, 3.05) is 7.11 Å². The van der Waals surface area contributed by atoms with Crippen molar-refractivity contribution in [3.05, 3.63) is 104 Å². The number of allylic oxidation sites excluding steroid dienone is 3. The van der Waals surface area contributed by atoms with Crippen LogP contribution in [-0.2, 0) is 16.0 Å². The van der Waals surface area contributed by atoms with E-state index in [1.807, 2.05) is 0 Å². The summed E-state index contributed by atoms with van der Waals surface area (Å²) in [5.41, 5.74) is 2.07. The van der Waals surface area contributed by atoms with Gasteiger partial charge in [-0.3, -0.25) is 0 Å². The third-order valence-electron chi connectivity index (χ3n) is 4.74. The number of halogens is 3. The van der Waals surface area contributed by atoms with E-state index in [4.69, 9.17) is 22.9 Å². The highest BCUT2D eigenvalue weighted by atomic mass is 35.5. The third kappa shape index (κ3) is 4.01. The van der Waals surface area contributed by atoms with Crippen LogP contribution in [0.4, 0.5) is 8.78 Å². The maximum Gasteiger partial charge on any atom is 0.335 e. The Kier molecular flexibility index (Phi) is 6.00. The van der Waals surface area contributed by atoms with Crippen molar-refractivity contribution in [2.45, 2.75) is 19.3 Å². The van der Waals surface area contributed by atoms with Crippen LogP contribution < -0.4 is 5.32 Å². The molecule has 29 heavy (non-hydrogen) atoms. The minimum Gasteiger partial charge on any atom is -0.466 e. The molecule has 1 heterocycles. The molecule has 7 heteroatoms. The van der Waals surface area contributed by atoms with Crippen molar-refractivity contribution >= 4 is 17.6 Å². The van der Waals surface area contributed by atoms with Crippen LogP contribution in [0.2, 0.25) is 5.02 Å². The van der Waals surface area contributed by atoms with Crippen molar-refractivity contribution in [3.8, 4) is 0 Å². The van der Waals surface area contributed by atoms with Crippen LogP contribution in [0.3, 0.4) is 0 Å². The summed E-state index contributed by atoms with van der Waals surface area (Å²) in [6, 6.07) is 10.0. The molecule has 1 unspecified atom stereocenters. The standard InChI is InChI=1S/C22H17ClF2N2O2/c1-12-19(22(28)29-3)20(15-9-8-14(24)11-16(15)23)21(26-2)18(27-12)10-13-6-4-5-7-17(13)25/h4-9,11,20,27H,10H2,1,3H3. The van der Waals surface area contributed by atoms with Crippen LogP contribution in [0.15, 0.2) is 65.1 Å². The summed E-state index contributed by atoms with van der Waals surface area (Å²) in [6.45, 7) is 9.40. The lowest BCUT2D eigenvalue weighted by atomic mass is 9.83. The Morgan fingerprint density at radius 3 is 2.62 bits per heavy atom. The van der Waals surface area contributed by atoms with E-state index in [9.17, 15) is 13.6 Å². The molecule has 2 aromatic rings. The van der Waals surface area contributed by atoms with Gasteiger partial charge >= 0.3 is 5.97 Å². The Balaban J connectivity index is 2.20. The third-order valence-corrected chi connectivity index (χ3v) is 5.07. The molecule has 0 spiro atoms. The lowest BCUT2D eigenvalue weighted by Crippen LogP contribution is -2.30. The van der Waals surface area contributed by atoms with Crippen LogP contribution in [0.5, 0.6) is 0 Å². The molecule has 1 aliphatic heterocycles. The van der Waals surface area contributed by atoms with Gasteiger partial charge in [0.05, 0.1) is 25.2 Å². The molecule has 4 nitrogen and oxygen atoms in total. The molecule has 0 saturated heterocycles. The summed E-state index contributed by atoms with van der Waals surface area (Å²) in [7, 11) is 1.24. The highest BCUT2D eigenvalue weighted by molar-refractivity contribution is 6.31. The Hall–Kier alpha value is -3.17. The van der Waals surface area contributed by atoms with Crippen molar-refractivity contribution in [1.82, 2.24) is 5.32 Å². The SMILES string of the molecule is [C-]#[N+]C1=C(Cc2ccccc2F)NC(C)=C(C(=O)OC)C1c1ccc(F)cc1Cl. The van der Waals surface area contributed by atoms with E-state index in [0.717, 1.165) is 6.07 Å². The Labute approximate surface area is 172 Å². The van der Waals surface area contributed by atoms with E-state index in [1.165, 1.54) is 25.3 Å². The van der Waals surface area contributed by atoms with Crippen LogP contribution >= 0.6 is 11.6 Å². The van der Waals surface area contributed by atoms with Gasteiger partial charge in [-0.05, 0) is 36.2 Å². The van der Waals surface area contributed by atoms with E-state index in [2.05, 4.69) is 10.2 Å². The largest absolute Gasteiger partial charge is 0.466 e. The molecule has 0 radical (unpaired) electrons. The molecule has 1 aliphatic rings. The van der Waals surface area contributed by atoms with Crippen LogP contribution in [0, 0.1) is 18.2 Å². The number of esters is 1. The number of dihydropyridines is 1. The minimum atomic E-state index is -0.865. The zero-order valence-electron chi connectivity index (χ0n) is 15.7. The molecule has 0 aromatic heterocycles. The molecule has 0 aliphatic carbocycles. The molecule has 3 rings (SSSR count). The van der Waals surface area contributed by atoms with Gasteiger partial charge in [0.15, 0.2) is 5.70 Å². The monoisotopic (exact) mass is 414 g/mol. The van der Waals surface area contributed by atoms with Gasteiger partial charge in [0.2, 0.25) is 0 Å². The van der Waals surface area contributed by atoms with Crippen LogP contribution in [-0.4, -0.2) is 13.1 Å². The van der Waals surface area contributed by atoms with Gasteiger partial charge in [-0.15, -0.1) is 0 Å². The summed E-state index contributed by atoms with van der Waals surface area (Å²) >= 11 is 6.26. The van der Waals surface area contributed by atoms with Gasteiger partial charge in [-0.25, -0.2) is 18.4 Å². The normalized spacial score (nSPS) is 16.3. The number of carbonyl (C=O) groups is 1. The van der Waals surface area contributed by atoms with Crippen LogP contribution in [0.1, 0.15) is 24.0 Å². The maximum atomic E-state index is 14.2. The average molecular weight is 415 g/mol. The lowest BCUT2D eigenvalue weighted by Gasteiger charge is -2.30. The Bertz CT molecular complexity index is 1090. The number of ether oxygens (including phenoxy) is 1. The predicted octanol–water partition coefficient (Wildman–Crippen LogP) is 5.13. The average Bonchev–Trinajstić information content (AvgIpc) is 2.69. The molecule has 0 amide bonds. The molecule has 148 valence electrons. The number of nitrogens with one attached hydrogen (secondary N) is 1. The second-order valence-electron chi connectivity index (χ2n) is 6.50. The highest BCUT2D eigenvalue weighted by Gasteiger charge is 2.36. The quantitative estimate of drug-likeness (QED) is 0.557. The van der Waals surface area contributed by atoms with Crippen LogP contribution in [0.25, 0.3) is 4.85 Å². The second-order valence-corrected chi connectivity index (χ2v) is 6.91. The number of nitrogens with zero attached hydrogens (tertiary/aromatic N) is 1. The smallest absolute Gasteiger partial charge is 0.335 e. The number of methoxy groups -OCH3 is 1. The zero-order valence-corrected chi connectivity index (χ0v) is 16.5. The number of hydrogen-bond donors (Lipinski definition) is 1. The van der Waals surface area contributed by atoms with Crippen molar-refractivity contribution in [2.24, 2.45) is 0 Å². The number of carbonyl (C=O) groups excluding carboxylic acids is 1. The van der Waals surface area contributed by atoms with Crippen molar-refractivity contribution in [1.29, 1.82) is 0 Å². The first-order valence-electron chi connectivity index (χ1n) is 8.72. The molecule has 0 bridgehead atoms. The Morgan fingerprint density at radius 1 is 1.28 bits per heavy atom. The zero-order chi connectivity index (χ0) is 21.1. The van der Waals surface area contributed by atoms with E-state index in [-0.39, 0.29) is 22.7 Å². The predicted molar refractivity (Wildman–Crippen MR) is 106 cm³/mol. The fraction of sp³-hybridized carbons (Fsp3) is 0.182. The number of hydrogen-bond acceptors (Lipinski definition) is 3. The molecule has 1 atom stereocenters. The second kappa shape index (κ2) is 8.46. The summed E-state index contributed by atoms with van der Waals surface area (Å²) in [6.07, 6.45) is 0.117. The number of benzene rings is 2. The van der Waals surface area contributed by atoms with E-state index < -0.39 is 23.5 Å². The topological polar surface area (TPSA) is 42.7 Å². The molecular formula is C22H17ClF2N2O2. The fourth-order valence-corrected chi connectivity index (χ4v) is 3.68. The van der Waals surface area contributed by atoms with Gasteiger partial charge in [0, 0.05) is 22.8 Å². The van der Waals surface area contributed by atoms with Gasteiger partial charge in [0.25, 0.3) is 0 Å². The molecule has 2 aromatic carbocycles. The number of rotatable bonds is 4. The molecule has 0 saturated carbocycles. The summed E-state index contributed by atoms with van der Waals surface area (Å²) < 4.78 is 32.7. The molecular weight excluding hydrogens is 398 g/mol. The van der Waals surface area contributed by atoms with Gasteiger partial charge < -0.3 is 10.1 Å². The van der Waals surface area contributed by atoms with E-state index in [0.29, 0.717) is 22.5 Å². The fourth-order valence-electron chi connectivity index (χ4n) is 3.40. The van der Waals surface area contributed by atoms with Gasteiger partial charge in [-0.1, -0.05) is 35.9 Å². The van der Waals surface area contributed by atoms with Crippen molar-refractivity contribution in [3.63, 3.8) is 0 Å². The molecule has 1 N–H and O–H groups in total. The van der Waals surface area contributed by atoms with E-state index >= 15 is 0 Å². The summed E-state index contributed by atoms with van der Waals surface area (Å²) in [5.74, 6) is -2.43. The lowest BCUT2D eigenvalue weighted by molar-refractivity contribution is -0.136. The first kappa shape index (κ1) is 20.6. The Morgan fingerprint density at radius 2 is 2.00 bits per heavy atom. The van der Waals surface area contributed by atoms with E-state index in [1.54, 1.807) is 25.1 Å². The maximum absolute atomic E-state index is 14.2. The highest BCUT2D eigenvalue weighted by Crippen LogP contribution is 2.42.